The Labute approximate surface area is 126 Å². The molecule has 5 heteroatoms. The maximum absolute atomic E-state index is 14.7. The van der Waals surface area contributed by atoms with E-state index in [1.54, 1.807) is 25.4 Å². The highest BCUT2D eigenvalue weighted by Crippen LogP contribution is 2.35. The van der Waals surface area contributed by atoms with E-state index in [1.807, 2.05) is 36.0 Å². The number of nitrogens with zero attached hydrogens (tertiary/aromatic N) is 2. The van der Waals surface area contributed by atoms with E-state index in [0.717, 1.165) is 22.2 Å². The van der Waals surface area contributed by atoms with E-state index in [2.05, 4.69) is 9.97 Å². The van der Waals surface area contributed by atoms with Crippen LogP contribution in [0.25, 0.3) is 33.2 Å². The van der Waals surface area contributed by atoms with Crippen molar-refractivity contribution >= 4 is 21.9 Å². The molecule has 0 unspecified atom stereocenters. The lowest BCUT2D eigenvalue weighted by Gasteiger charge is -2.01. The van der Waals surface area contributed by atoms with Crippen molar-refractivity contribution < 1.29 is 9.13 Å². The normalized spacial score (nSPS) is 11.4. The van der Waals surface area contributed by atoms with Gasteiger partial charge in [-0.25, -0.2) is 9.37 Å². The van der Waals surface area contributed by atoms with Crippen LogP contribution in [0, 0.1) is 5.82 Å². The Bertz CT molecular complexity index is 1000. The van der Waals surface area contributed by atoms with Crippen LogP contribution in [0.2, 0.25) is 0 Å². The van der Waals surface area contributed by atoms with Crippen molar-refractivity contribution in [3.8, 4) is 17.0 Å². The van der Waals surface area contributed by atoms with Crippen molar-refractivity contribution in [1.29, 1.82) is 0 Å². The molecule has 0 atom stereocenters. The van der Waals surface area contributed by atoms with Gasteiger partial charge in [-0.05, 0) is 30.3 Å². The molecule has 0 aliphatic heterocycles. The quantitative estimate of drug-likeness (QED) is 0.610. The monoisotopic (exact) mass is 295 g/mol. The molecule has 4 nitrogen and oxygen atoms in total. The van der Waals surface area contributed by atoms with Gasteiger partial charge >= 0.3 is 0 Å². The van der Waals surface area contributed by atoms with Gasteiger partial charge in [0.1, 0.15) is 11.4 Å². The predicted octanol–water partition coefficient (Wildman–Crippen LogP) is 3.87. The number of benzene rings is 1. The van der Waals surface area contributed by atoms with E-state index in [9.17, 15) is 4.39 Å². The average Bonchev–Trinajstić information content (AvgIpc) is 3.05. The Morgan fingerprint density at radius 2 is 2.09 bits per heavy atom. The first kappa shape index (κ1) is 12.9. The van der Waals surface area contributed by atoms with Crippen LogP contribution in [0.1, 0.15) is 0 Å². The topological polar surface area (TPSA) is 42.8 Å². The maximum Gasteiger partial charge on any atom is 0.158 e. The standard InChI is InChI=1S/C17H14FN3O/c1-21-9-13(12-8-10(22-2)5-6-14(12)21)16-15(18)11-4-3-7-19-17(11)20-16/h3-9H,1-2H3,(H,19,20). The maximum atomic E-state index is 14.7. The summed E-state index contributed by atoms with van der Waals surface area (Å²) in [7, 11) is 3.56. The number of fused-ring (bicyclic) bond motifs is 2. The lowest BCUT2D eigenvalue weighted by molar-refractivity contribution is 0.415. The molecule has 3 heterocycles. The second-order valence-electron chi connectivity index (χ2n) is 5.25. The summed E-state index contributed by atoms with van der Waals surface area (Å²) in [5, 5.41) is 1.43. The van der Waals surface area contributed by atoms with Gasteiger partial charge in [-0.15, -0.1) is 0 Å². The van der Waals surface area contributed by atoms with Gasteiger partial charge in [0.15, 0.2) is 5.82 Å². The Hall–Kier alpha value is -2.82. The zero-order valence-corrected chi connectivity index (χ0v) is 12.2. The summed E-state index contributed by atoms with van der Waals surface area (Å²) in [6, 6.07) is 9.24. The van der Waals surface area contributed by atoms with E-state index in [4.69, 9.17) is 4.74 Å². The van der Waals surface area contributed by atoms with Gasteiger partial charge in [0.25, 0.3) is 0 Å². The van der Waals surface area contributed by atoms with Crippen molar-refractivity contribution in [3.05, 3.63) is 48.5 Å². The van der Waals surface area contributed by atoms with Crippen LogP contribution in [0.3, 0.4) is 0 Å². The third-order valence-electron chi connectivity index (χ3n) is 3.97. The molecule has 0 radical (unpaired) electrons. The zero-order chi connectivity index (χ0) is 15.3. The summed E-state index contributed by atoms with van der Waals surface area (Å²) in [5.74, 6) is 0.466. The van der Waals surface area contributed by atoms with Crippen LogP contribution in [0.5, 0.6) is 5.75 Å². The Morgan fingerprint density at radius 1 is 1.23 bits per heavy atom. The van der Waals surface area contributed by atoms with Crippen LogP contribution in [0.4, 0.5) is 4.39 Å². The highest BCUT2D eigenvalue weighted by atomic mass is 19.1. The number of aromatic nitrogens is 3. The number of rotatable bonds is 2. The minimum absolute atomic E-state index is 0.279. The lowest BCUT2D eigenvalue weighted by Crippen LogP contribution is -1.85. The highest BCUT2D eigenvalue weighted by Gasteiger charge is 2.18. The van der Waals surface area contributed by atoms with Crippen LogP contribution >= 0.6 is 0 Å². The second-order valence-corrected chi connectivity index (χ2v) is 5.25. The highest BCUT2D eigenvalue weighted by molar-refractivity contribution is 5.98. The van der Waals surface area contributed by atoms with Gasteiger partial charge in [0.2, 0.25) is 0 Å². The number of H-pyrrole nitrogens is 1. The van der Waals surface area contributed by atoms with Gasteiger partial charge in [0, 0.05) is 35.9 Å². The van der Waals surface area contributed by atoms with Crippen molar-refractivity contribution in [1.82, 2.24) is 14.5 Å². The number of hydrogen-bond acceptors (Lipinski definition) is 2. The van der Waals surface area contributed by atoms with Gasteiger partial charge in [-0.3, -0.25) is 0 Å². The summed E-state index contributed by atoms with van der Waals surface area (Å²) < 4.78 is 22.0. The van der Waals surface area contributed by atoms with Crippen molar-refractivity contribution in [2.75, 3.05) is 7.11 Å². The van der Waals surface area contributed by atoms with Crippen molar-refractivity contribution in [2.24, 2.45) is 7.05 Å². The minimum atomic E-state index is -0.279. The molecule has 110 valence electrons. The van der Waals surface area contributed by atoms with Crippen LogP contribution < -0.4 is 4.74 Å². The number of methoxy groups -OCH3 is 1. The number of nitrogens with one attached hydrogen (secondary N) is 1. The number of hydrogen-bond donors (Lipinski definition) is 1. The fourth-order valence-corrected chi connectivity index (χ4v) is 2.87. The Morgan fingerprint density at radius 3 is 2.86 bits per heavy atom. The molecule has 0 spiro atoms. The molecule has 4 rings (SSSR count). The van der Waals surface area contributed by atoms with E-state index in [1.165, 1.54) is 0 Å². The van der Waals surface area contributed by atoms with Crippen LogP contribution in [-0.4, -0.2) is 21.6 Å². The SMILES string of the molecule is COc1ccc2c(c1)c(-c1[nH]c3ncccc3c1F)cn2C. The zero-order valence-electron chi connectivity index (χ0n) is 12.2. The third kappa shape index (κ3) is 1.72. The van der Waals surface area contributed by atoms with Gasteiger partial charge < -0.3 is 14.3 Å². The Kier molecular flexibility index (Phi) is 2.69. The number of aromatic amines is 1. The first-order valence-electron chi connectivity index (χ1n) is 6.94. The van der Waals surface area contributed by atoms with E-state index in [-0.39, 0.29) is 5.82 Å². The smallest absolute Gasteiger partial charge is 0.158 e. The molecule has 0 fully saturated rings. The molecule has 4 aromatic rings. The van der Waals surface area contributed by atoms with E-state index in [0.29, 0.717) is 16.7 Å². The Balaban J connectivity index is 2.05. The fourth-order valence-electron chi connectivity index (χ4n) is 2.87. The molecular weight excluding hydrogens is 281 g/mol. The number of halogens is 1. The van der Waals surface area contributed by atoms with Crippen LogP contribution in [-0.2, 0) is 7.05 Å². The molecular formula is C17H14FN3O. The van der Waals surface area contributed by atoms with Gasteiger partial charge in [-0.2, -0.15) is 0 Å². The summed E-state index contributed by atoms with van der Waals surface area (Å²) in [5.41, 5.74) is 2.82. The molecule has 0 aliphatic rings. The van der Waals surface area contributed by atoms with Crippen LogP contribution in [0.15, 0.2) is 42.7 Å². The summed E-state index contributed by atoms with van der Waals surface area (Å²) in [6.45, 7) is 0. The predicted molar refractivity (Wildman–Crippen MR) is 84.5 cm³/mol. The molecule has 22 heavy (non-hydrogen) atoms. The summed E-state index contributed by atoms with van der Waals surface area (Å²) >= 11 is 0. The molecule has 0 bridgehead atoms. The average molecular weight is 295 g/mol. The lowest BCUT2D eigenvalue weighted by atomic mass is 10.1. The molecule has 0 saturated heterocycles. The van der Waals surface area contributed by atoms with E-state index < -0.39 is 0 Å². The first-order chi connectivity index (χ1) is 10.7. The van der Waals surface area contributed by atoms with Crippen molar-refractivity contribution in [3.63, 3.8) is 0 Å². The number of pyridine rings is 1. The van der Waals surface area contributed by atoms with Gasteiger partial charge in [0.05, 0.1) is 18.2 Å². The molecule has 0 amide bonds. The molecule has 1 N–H and O–H groups in total. The number of aryl methyl sites for hydroxylation is 1. The molecule has 3 aromatic heterocycles. The largest absolute Gasteiger partial charge is 0.497 e. The van der Waals surface area contributed by atoms with Gasteiger partial charge in [-0.1, -0.05) is 0 Å². The fraction of sp³-hybridized carbons (Fsp3) is 0.118. The summed E-state index contributed by atoms with van der Waals surface area (Å²) in [6.07, 6.45) is 3.56. The first-order valence-corrected chi connectivity index (χ1v) is 6.94. The molecule has 0 saturated carbocycles. The second kappa shape index (κ2) is 4.59. The minimum Gasteiger partial charge on any atom is -0.497 e. The van der Waals surface area contributed by atoms with Crippen molar-refractivity contribution in [2.45, 2.75) is 0 Å². The molecule has 1 aromatic carbocycles. The van der Waals surface area contributed by atoms with E-state index >= 15 is 0 Å². The third-order valence-corrected chi connectivity index (χ3v) is 3.97. The molecule has 0 aliphatic carbocycles. The summed E-state index contributed by atoms with van der Waals surface area (Å²) in [4.78, 5) is 7.26. The number of ether oxygens (including phenoxy) is 1.